The minimum absolute atomic E-state index is 0.294. The lowest BCUT2D eigenvalue weighted by Gasteiger charge is -2.21. The first-order valence-electron chi connectivity index (χ1n) is 8.92. The quantitative estimate of drug-likeness (QED) is 0.319. The van der Waals surface area contributed by atoms with Gasteiger partial charge in [0.1, 0.15) is 0 Å². The van der Waals surface area contributed by atoms with Gasteiger partial charge in [-0.3, -0.25) is 0 Å². The molecule has 0 aliphatic rings. The molecule has 0 heterocycles. The van der Waals surface area contributed by atoms with Crippen molar-refractivity contribution >= 4 is 0 Å². The van der Waals surface area contributed by atoms with Crippen LogP contribution >= 0.6 is 0 Å². The Morgan fingerprint density at radius 2 is 1.05 bits per heavy atom. The fourth-order valence-electron chi connectivity index (χ4n) is 2.88. The van der Waals surface area contributed by atoms with Gasteiger partial charge in [0.2, 0.25) is 0 Å². The first-order valence-corrected chi connectivity index (χ1v) is 8.92. The van der Waals surface area contributed by atoms with E-state index in [2.05, 4.69) is 20.8 Å². The fraction of sp³-hybridized carbons (Fsp3) is 1.00. The van der Waals surface area contributed by atoms with Gasteiger partial charge in [0.15, 0.2) is 0 Å². The normalized spacial score (nSPS) is 14.5. The Hall–Kier alpha value is -0.0400. The van der Waals surface area contributed by atoms with Gasteiger partial charge < -0.3 is 0 Å². The Balaban J connectivity index is 3.82. The highest BCUT2D eigenvalue weighted by molar-refractivity contribution is 4.69. The van der Waals surface area contributed by atoms with E-state index in [0.29, 0.717) is 5.92 Å². The van der Waals surface area contributed by atoms with Crippen LogP contribution in [-0.4, -0.2) is 6.10 Å². The largest absolute Gasteiger partial charge is 0.233 e. The molecule has 1 nitrogen and oxygen atoms in total. The predicted octanol–water partition coefficient (Wildman–Crippen LogP) is 6.53. The Morgan fingerprint density at radius 3 is 1.53 bits per heavy atom. The third-order valence-electron chi connectivity index (χ3n) is 4.21. The Morgan fingerprint density at radius 1 is 0.579 bits per heavy atom. The molecule has 0 spiro atoms. The maximum absolute atomic E-state index is 12.2. The first kappa shape index (κ1) is 19.0. The molecule has 0 aliphatic carbocycles. The summed E-state index contributed by atoms with van der Waals surface area (Å²) in [4.78, 5) is 0. The van der Waals surface area contributed by atoms with Crippen molar-refractivity contribution in [3.8, 4) is 0 Å². The molecule has 2 atom stereocenters. The highest BCUT2D eigenvalue weighted by atomic mass is 16.3. The van der Waals surface area contributed by atoms with Crippen molar-refractivity contribution in [2.45, 2.75) is 110 Å². The summed E-state index contributed by atoms with van der Waals surface area (Å²) in [5, 5.41) is 12.2. The van der Waals surface area contributed by atoms with E-state index in [0.717, 1.165) is 12.8 Å². The van der Waals surface area contributed by atoms with Crippen LogP contribution in [0, 0.1) is 5.92 Å². The molecule has 115 valence electrons. The van der Waals surface area contributed by atoms with Crippen LogP contribution in [-0.2, 0) is 5.11 Å². The molecule has 0 bridgehead atoms. The van der Waals surface area contributed by atoms with Crippen LogP contribution in [0.5, 0.6) is 0 Å². The fourth-order valence-corrected chi connectivity index (χ4v) is 2.88. The van der Waals surface area contributed by atoms with E-state index in [-0.39, 0.29) is 6.10 Å². The second kappa shape index (κ2) is 14.4. The van der Waals surface area contributed by atoms with E-state index in [1.54, 1.807) is 0 Å². The summed E-state index contributed by atoms with van der Waals surface area (Å²) in [6.07, 6.45) is 15.9. The van der Waals surface area contributed by atoms with Crippen molar-refractivity contribution in [3.05, 3.63) is 0 Å². The number of rotatable bonds is 14. The van der Waals surface area contributed by atoms with Crippen LogP contribution < -0.4 is 0 Å². The molecular weight excluding hydrogens is 232 g/mol. The topological polar surface area (TPSA) is 19.9 Å². The van der Waals surface area contributed by atoms with Gasteiger partial charge in [-0.15, -0.1) is 0 Å². The van der Waals surface area contributed by atoms with Crippen molar-refractivity contribution in [2.24, 2.45) is 5.92 Å². The minimum Gasteiger partial charge on any atom is -0.233 e. The van der Waals surface area contributed by atoms with Gasteiger partial charge in [0, 0.05) is 0 Å². The molecule has 0 aromatic rings. The molecule has 0 saturated carbocycles. The summed E-state index contributed by atoms with van der Waals surface area (Å²) < 4.78 is 0. The zero-order valence-electron chi connectivity index (χ0n) is 13.8. The van der Waals surface area contributed by atoms with E-state index in [1.807, 2.05) is 0 Å². The molecular formula is C18H37O. The molecule has 0 aromatic carbocycles. The molecule has 1 radical (unpaired) electrons. The van der Waals surface area contributed by atoms with Gasteiger partial charge in [-0.05, 0) is 25.2 Å². The van der Waals surface area contributed by atoms with Gasteiger partial charge in [-0.1, -0.05) is 85.0 Å². The number of hydrogen-bond donors (Lipinski definition) is 0. The van der Waals surface area contributed by atoms with E-state index in [9.17, 15) is 5.11 Å². The van der Waals surface area contributed by atoms with E-state index in [4.69, 9.17) is 0 Å². The summed E-state index contributed by atoms with van der Waals surface area (Å²) >= 11 is 0. The van der Waals surface area contributed by atoms with Crippen molar-refractivity contribution in [2.75, 3.05) is 0 Å². The average Bonchev–Trinajstić information content (AvgIpc) is 2.41. The van der Waals surface area contributed by atoms with Crippen molar-refractivity contribution in [1.82, 2.24) is 0 Å². The van der Waals surface area contributed by atoms with E-state index in [1.165, 1.54) is 70.6 Å². The van der Waals surface area contributed by atoms with Crippen LogP contribution in [0.25, 0.3) is 0 Å². The summed E-state index contributed by atoms with van der Waals surface area (Å²) in [7, 11) is 0. The predicted molar refractivity (Wildman–Crippen MR) is 85.0 cm³/mol. The maximum atomic E-state index is 12.2. The average molecular weight is 269 g/mol. The third-order valence-corrected chi connectivity index (χ3v) is 4.21. The van der Waals surface area contributed by atoms with Gasteiger partial charge in [0.05, 0.1) is 6.10 Å². The zero-order chi connectivity index (χ0) is 14.3. The van der Waals surface area contributed by atoms with Crippen LogP contribution in [0.4, 0.5) is 0 Å². The lowest BCUT2D eigenvalue weighted by atomic mass is 9.88. The molecule has 0 amide bonds. The van der Waals surface area contributed by atoms with Crippen molar-refractivity contribution in [1.29, 1.82) is 0 Å². The van der Waals surface area contributed by atoms with Gasteiger partial charge >= 0.3 is 0 Å². The summed E-state index contributed by atoms with van der Waals surface area (Å²) in [6, 6.07) is 0. The molecule has 19 heavy (non-hydrogen) atoms. The molecule has 0 N–H and O–H groups in total. The van der Waals surface area contributed by atoms with Crippen LogP contribution in [0.2, 0.25) is 0 Å². The van der Waals surface area contributed by atoms with Crippen molar-refractivity contribution < 1.29 is 5.11 Å². The highest BCUT2D eigenvalue weighted by Crippen LogP contribution is 2.24. The second-order valence-electron chi connectivity index (χ2n) is 6.14. The minimum atomic E-state index is -0.294. The molecule has 1 heteroatoms. The summed E-state index contributed by atoms with van der Waals surface area (Å²) in [6.45, 7) is 6.64. The lowest BCUT2D eigenvalue weighted by Crippen LogP contribution is -2.19. The number of hydrogen-bond acceptors (Lipinski definition) is 0. The Bertz CT molecular complexity index is 167. The SMILES string of the molecule is CCCCCCCC(CCCCCC)C([O])CCC. The smallest absolute Gasteiger partial charge is 0.0958 e. The van der Waals surface area contributed by atoms with E-state index >= 15 is 0 Å². The molecule has 0 aliphatic heterocycles. The van der Waals surface area contributed by atoms with Crippen LogP contribution in [0.1, 0.15) is 104 Å². The Kier molecular flexibility index (Phi) is 14.3. The molecule has 0 fully saturated rings. The van der Waals surface area contributed by atoms with Crippen LogP contribution in [0.3, 0.4) is 0 Å². The molecule has 0 saturated heterocycles. The van der Waals surface area contributed by atoms with E-state index < -0.39 is 0 Å². The van der Waals surface area contributed by atoms with Crippen molar-refractivity contribution in [3.63, 3.8) is 0 Å². The van der Waals surface area contributed by atoms with Gasteiger partial charge in [0.25, 0.3) is 0 Å². The summed E-state index contributed by atoms with van der Waals surface area (Å²) in [5.74, 6) is 0.457. The maximum Gasteiger partial charge on any atom is 0.0958 e. The molecule has 0 aromatic heterocycles. The lowest BCUT2D eigenvalue weighted by molar-refractivity contribution is 0.0204. The Labute approximate surface area is 122 Å². The van der Waals surface area contributed by atoms with Crippen LogP contribution in [0.15, 0.2) is 0 Å². The second-order valence-corrected chi connectivity index (χ2v) is 6.14. The van der Waals surface area contributed by atoms with Gasteiger partial charge in [-0.2, -0.15) is 0 Å². The monoisotopic (exact) mass is 269 g/mol. The summed E-state index contributed by atoms with van der Waals surface area (Å²) in [5.41, 5.74) is 0. The number of unbranched alkanes of at least 4 members (excludes halogenated alkanes) is 7. The zero-order valence-corrected chi connectivity index (χ0v) is 13.8. The molecule has 2 unspecified atom stereocenters. The molecule has 0 rings (SSSR count). The third kappa shape index (κ3) is 11.5. The first-order chi connectivity index (χ1) is 9.26. The standard InChI is InChI=1S/C18H37O/c1-4-7-9-11-13-16-17(18(19)14-6-3)15-12-10-8-5-2/h17-18H,4-16H2,1-3H3. The van der Waals surface area contributed by atoms with Gasteiger partial charge in [-0.25, -0.2) is 5.11 Å². The highest BCUT2D eigenvalue weighted by Gasteiger charge is 2.19.